The molecule has 1 heterocycles. The Bertz CT molecular complexity index is 211. The summed E-state index contributed by atoms with van der Waals surface area (Å²) in [4.78, 5) is 0. The average Bonchev–Trinajstić information content (AvgIpc) is 2.63. The molecule has 0 saturated carbocycles. The van der Waals surface area contributed by atoms with E-state index in [0.29, 0.717) is 13.2 Å². The molecule has 1 fully saturated rings. The van der Waals surface area contributed by atoms with Crippen LogP contribution in [0.1, 0.15) is 19.8 Å². The SMILES string of the molecule is CCC1OCCC1CNCC(O)C(F)(F)F. The fourth-order valence-electron chi connectivity index (χ4n) is 1.90. The molecule has 0 bridgehead atoms. The Morgan fingerprint density at radius 1 is 1.50 bits per heavy atom. The van der Waals surface area contributed by atoms with E-state index in [1.54, 1.807) is 0 Å². The van der Waals surface area contributed by atoms with Crippen LogP contribution in [-0.2, 0) is 4.74 Å². The second kappa shape index (κ2) is 5.84. The van der Waals surface area contributed by atoms with Crippen LogP contribution < -0.4 is 5.32 Å². The van der Waals surface area contributed by atoms with Crippen LogP contribution in [0.4, 0.5) is 13.2 Å². The lowest BCUT2D eigenvalue weighted by Crippen LogP contribution is -2.40. The van der Waals surface area contributed by atoms with Crippen molar-refractivity contribution >= 4 is 0 Å². The molecule has 0 aromatic carbocycles. The van der Waals surface area contributed by atoms with Gasteiger partial charge in [-0.05, 0) is 18.8 Å². The Balaban J connectivity index is 2.20. The first kappa shape index (κ1) is 13.7. The zero-order valence-electron chi connectivity index (χ0n) is 9.26. The van der Waals surface area contributed by atoms with E-state index in [2.05, 4.69) is 5.32 Å². The minimum absolute atomic E-state index is 0.135. The van der Waals surface area contributed by atoms with Crippen LogP contribution in [-0.4, -0.2) is 43.2 Å². The molecule has 1 aliphatic rings. The lowest BCUT2D eigenvalue weighted by molar-refractivity contribution is -0.201. The largest absolute Gasteiger partial charge is 0.415 e. The summed E-state index contributed by atoms with van der Waals surface area (Å²) in [6, 6.07) is 0. The van der Waals surface area contributed by atoms with E-state index in [1.807, 2.05) is 6.92 Å². The van der Waals surface area contributed by atoms with Crippen molar-refractivity contribution < 1.29 is 23.0 Å². The van der Waals surface area contributed by atoms with Gasteiger partial charge in [0.2, 0.25) is 0 Å². The lowest BCUT2D eigenvalue weighted by atomic mass is 10.00. The lowest BCUT2D eigenvalue weighted by Gasteiger charge is -2.19. The third kappa shape index (κ3) is 3.92. The van der Waals surface area contributed by atoms with Crippen LogP contribution in [0, 0.1) is 5.92 Å². The molecule has 0 aromatic heterocycles. The molecule has 16 heavy (non-hydrogen) atoms. The molecule has 1 rings (SSSR count). The first-order valence-corrected chi connectivity index (χ1v) is 5.52. The minimum Gasteiger partial charge on any atom is -0.382 e. The molecule has 96 valence electrons. The van der Waals surface area contributed by atoms with E-state index in [9.17, 15) is 13.2 Å². The molecule has 3 nitrogen and oxygen atoms in total. The van der Waals surface area contributed by atoms with E-state index in [1.165, 1.54) is 0 Å². The highest BCUT2D eigenvalue weighted by atomic mass is 19.4. The van der Waals surface area contributed by atoms with Gasteiger partial charge in [0, 0.05) is 19.7 Å². The zero-order chi connectivity index (χ0) is 12.2. The number of hydrogen-bond acceptors (Lipinski definition) is 3. The van der Waals surface area contributed by atoms with E-state index in [0.717, 1.165) is 12.8 Å². The Morgan fingerprint density at radius 3 is 2.75 bits per heavy atom. The van der Waals surface area contributed by atoms with Gasteiger partial charge < -0.3 is 15.2 Å². The van der Waals surface area contributed by atoms with Crippen molar-refractivity contribution in [1.29, 1.82) is 0 Å². The van der Waals surface area contributed by atoms with Crippen molar-refractivity contribution in [3.63, 3.8) is 0 Å². The summed E-state index contributed by atoms with van der Waals surface area (Å²) in [5, 5.41) is 11.4. The van der Waals surface area contributed by atoms with Gasteiger partial charge in [0.25, 0.3) is 0 Å². The normalized spacial score (nSPS) is 28.3. The molecular formula is C10H18F3NO2. The van der Waals surface area contributed by atoms with Crippen LogP contribution >= 0.6 is 0 Å². The standard InChI is InChI=1S/C10H18F3NO2/c1-2-8-7(3-4-16-8)5-14-6-9(15)10(11,12)13/h7-9,14-15H,2-6H2,1H3. The molecule has 1 aliphatic heterocycles. The van der Waals surface area contributed by atoms with Gasteiger partial charge in [-0.3, -0.25) is 0 Å². The molecule has 1 saturated heterocycles. The van der Waals surface area contributed by atoms with Gasteiger partial charge in [-0.2, -0.15) is 13.2 Å². The summed E-state index contributed by atoms with van der Waals surface area (Å²) < 4.78 is 41.3. The van der Waals surface area contributed by atoms with Gasteiger partial charge in [-0.1, -0.05) is 6.92 Å². The monoisotopic (exact) mass is 241 g/mol. The van der Waals surface area contributed by atoms with Crippen molar-refractivity contribution in [3.8, 4) is 0 Å². The van der Waals surface area contributed by atoms with Gasteiger partial charge in [-0.25, -0.2) is 0 Å². The maximum absolute atomic E-state index is 12.0. The van der Waals surface area contributed by atoms with Gasteiger partial charge in [0.05, 0.1) is 6.10 Å². The molecule has 0 spiro atoms. The van der Waals surface area contributed by atoms with Crippen LogP contribution in [0.3, 0.4) is 0 Å². The Morgan fingerprint density at radius 2 is 2.19 bits per heavy atom. The first-order chi connectivity index (χ1) is 7.45. The average molecular weight is 241 g/mol. The smallest absolute Gasteiger partial charge is 0.382 e. The highest BCUT2D eigenvalue weighted by Crippen LogP contribution is 2.23. The van der Waals surface area contributed by atoms with Crippen molar-refractivity contribution in [2.24, 2.45) is 5.92 Å². The molecule has 3 atom stereocenters. The van der Waals surface area contributed by atoms with E-state index < -0.39 is 18.8 Å². The summed E-state index contributed by atoms with van der Waals surface area (Å²) in [6.45, 7) is 2.68. The van der Waals surface area contributed by atoms with Crippen LogP contribution in [0.25, 0.3) is 0 Å². The molecule has 0 radical (unpaired) electrons. The molecule has 0 aromatic rings. The summed E-state index contributed by atoms with van der Waals surface area (Å²) in [7, 11) is 0. The maximum Gasteiger partial charge on any atom is 0.415 e. The van der Waals surface area contributed by atoms with Gasteiger partial charge in [0.1, 0.15) is 0 Å². The number of hydrogen-bond donors (Lipinski definition) is 2. The third-order valence-electron chi connectivity index (χ3n) is 2.87. The number of aliphatic hydroxyl groups is 1. The molecular weight excluding hydrogens is 223 g/mol. The number of nitrogens with one attached hydrogen (secondary N) is 1. The predicted octanol–water partition coefficient (Wildman–Crippen LogP) is 1.31. The fraction of sp³-hybridized carbons (Fsp3) is 1.00. The van der Waals surface area contributed by atoms with Crippen molar-refractivity contribution in [1.82, 2.24) is 5.32 Å². The second-order valence-electron chi connectivity index (χ2n) is 4.08. The Kier molecular flexibility index (Phi) is 5.01. The van der Waals surface area contributed by atoms with Gasteiger partial charge >= 0.3 is 6.18 Å². The quantitative estimate of drug-likeness (QED) is 0.762. The fourth-order valence-corrected chi connectivity index (χ4v) is 1.90. The first-order valence-electron chi connectivity index (χ1n) is 5.52. The van der Waals surface area contributed by atoms with Gasteiger partial charge in [0.15, 0.2) is 6.10 Å². The number of alkyl halides is 3. The van der Waals surface area contributed by atoms with Crippen LogP contribution in [0.15, 0.2) is 0 Å². The summed E-state index contributed by atoms with van der Waals surface area (Å²) in [5.41, 5.74) is 0. The number of halogens is 3. The summed E-state index contributed by atoms with van der Waals surface area (Å²) in [6.07, 6.45) is -4.95. The van der Waals surface area contributed by atoms with Crippen molar-refractivity contribution in [3.05, 3.63) is 0 Å². The van der Waals surface area contributed by atoms with Gasteiger partial charge in [-0.15, -0.1) is 0 Å². The highest BCUT2D eigenvalue weighted by Gasteiger charge is 2.38. The van der Waals surface area contributed by atoms with E-state index in [-0.39, 0.29) is 12.0 Å². The number of aliphatic hydroxyl groups excluding tert-OH is 1. The molecule has 2 N–H and O–H groups in total. The molecule has 0 amide bonds. The topological polar surface area (TPSA) is 41.5 Å². The Hall–Kier alpha value is -0.330. The number of rotatable bonds is 5. The summed E-state index contributed by atoms with van der Waals surface area (Å²) in [5.74, 6) is 0.255. The van der Waals surface area contributed by atoms with Crippen molar-refractivity contribution in [2.45, 2.75) is 38.1 Å². The predicted molar refractivity (Wildman–Crippen MR) is 53.1 cm³/mol. The summed E-state index contributed by atoms with van der Waals surface area (Å²) >= 11 is 0. The molecule has 3 unspecified atom stereocenters. The second-order valence-corrected chi connectivity index (χ2v) is 4.08. The van der Waals surface area contributed by atoms with E-state index in [4.69, 9.17) is 9.84 Å². The van der Waals surface area contributed by atoms with E-state index >= 15 is 0 Å². The zero-order valence-corrected chi connectivity index (χ0v) is 9.26. The minimum atomic E-state index is -4.54. The van der Waals surface area contributed by atoms with Crippen LogP contribution in [0.2, 0.25) is 0 Å². The third-order valence-corrected chi connectivity index (χ3v) is 2.87. The molecule has 0 aliphatic carbocycles. The maximum atomic E-state index is 12.0. The van der Waals surface area contributed by atoms with Crippen LogP contribution in [0.5, 0.6) is 0 Å². The highest BCUT2D eigenvalue weighted by molar-refractivity contribution is 4.78. The number of ether oxygens (including phenoxy) is 1. The molecule has 6 heteroatoms. The van der Waals surface area contributed by atoms with Crippen molar-refractivity contribution in [2.75, 3.05) is 19.7 Å². The Labute approximate surface area is 93.0 Å².